The summed E-state index contributed by atoms with van der Waals surface area (Å²) in [6.45, 7) is 4.37. The molecule has 1 N–H and O–H groups in total. The largest absolute Gasteiger partial charge is 0.416 e. The van der Waals surface area contributed by atoms with Crippen LogP contribution in [0.1, 0.15) is 15.9 Å². The van der Waals surface area contributed by atoms with Gasteiger partial charge in [-0.15, -0.1) is 10.2 Å². The average Bonchev–Trinajstić information content (AvgIpc) is 3.40. The highest BCUT2D eigenvalue weighted by Gasteiger charge is 2.23. The molecule has 1 fully saturated rings. The van der Waals surface area contributed by atoms with Crippen molar-refractivity contribution in [3.63, 3.8) is 0 Å². The van der Waals surface area contributed by atoms with E-state index < -0.39 is 5.82 Å². The maximum atomic E-state index is 13.3. The summed E-state index contributed by atoms with van der Waals surface area (Å²) in [6, 6.07) is 20.8. The third kappa shape index (κ3) is 5.90. The standard InChI is InChI=1S/C28H26FN5O3/c1-19-5-7-20(8-6-19)26-31-32-27(37-26)21-9-11-22(12-10-21)28(36)34-15-13-33(14-16-34)18-25(35)30-24-4-2-3-23(29)17-24/h2-12,17H,13-16,18H2,1H3,(H,30,35). The number of halogens is 1. The molecule has 37 heavy (non-hydrogen) atoms. The molecule has 0 spiro atoms. The van der Waals surface area contributed by atoms with Gasteiger partial charge in [-0.25, -0.2) is 4.39 Å². The van der Waals surface area contributed by atoms with Crippen LogP contribution < -0.4 is 5.32 Å². The monoisotopic (exact) mass is 499 g/mol. The van der Waals surface area contributed by atoms with Crippen molar-refractivity contribution in [3.05, 3.63) is 89.7 Å². The molecule has 2 heterocycles. The smallest absolute Gasteiger partial charge is 0.253 e. The first-order chi connectivity index (χ1) is 17.9. The van der Waals surface area contributed by atoms with Crippen LogP contribution in [-0.4, -0.2) is 64.5 Å². The van der Waals surface area contributed by atoms with Crippen LogP contribution in [0.5, 0.6) is 0 Å². The van der Waals surface area contributed by atoms with Crippen LogP contribution in [-0.2, 0) is 4.79 Å². The summed E-state index contributed by atoms with van der Waals surface area (Å²) in [5.41, 5.74) is 3.73. The van der Waals surface area contributed by atoms with E-state index in [9.17, 15) is 14.0 Å². The Kier molecular flexibility index (Phi) is 7.04. The number of piperazine rings is 1. The molecule has 1 aromatic heterocycles. The molecule has 2 amide bonds. The summed E-state index contributed by atoms with van der Waals surface area (Å²) in [5.74, 6) is 0.146. The number of aromatic nitrogens is 2. The molecular formula is C28H26FN5O3. The van der Waals surface area contributed by atoms with Crippen LogP contribution in [0.25, 0.3) is 22.9 Å². The highest BCUT2D eigenvalue weighted by Crippen LogP contribution is 2.24. The lowest BCUT2D eigenvalue weighted by Gasteiger charge is -2.34. The van der Waals surface area contributed by atoms with Crippen LogP contribution in [0.15, 0.2) is 77.2 Å². The summed E-state index contributed by atoms with van der Waals surface area (Å²) in [5, 5.41) is 11.0. The van der Waals surface area contributed by atoms with Gasteiger partial charge >= 0.3 is 0 Å². The Morgan fingerprint density at radius 1 is 0.892 bits per heavy atom. The molecule has 8 nitrogen and oxygen atoms in total. The number of benzene rings is 3. The van der Waals surface area contributed by atoms with Crippen molar-refractivity contribution < 1.29 is 18.4 Å². The molecule has 3 aromatic carbocycles. The Morgan fingerprint density at radius 2 is 1.51 bits per heavy atom. The van der Waals surface area contributed by atoms with Gasteiger partial charge in [0.1, 0.15) is 5.82 Å². The number of hydrogen-bond donors (Lipinski definition) is 1. The molecule has 188 valence electrons. The van der Waals surface area contributed by atoms with Gasteiger partial charge in [0.2, 0.25) is 17.7 Å². The third-order valence-electron chi connectivity index (χ3n) is 6.24. The number of carbonyl (C=O) groups excluding carboxylic acids is 2. The first-order valence-corrected chi connectivity index (χ1v) is 12.0. The number of anilines is 1. The van der Waals surface area contributed by atoms with Gasteiger partial charge in [0.15, 0.2) is 0 Å². The molecule has 0 bridgehead atoms. The molecule has 0 unspecified atom stereocenters. The zero-order chi connectivity index (χ0) is 25.8. The summed E-state index contributed by atoms with van der Waals surface area (Å²) in [6.07, 6.45) is 0. The lowest BCUT2D eigenvalue weighted by Crippen LogP contribution is -2.50. The SMILES string of the molecule is Cc1ccc(-c2nnc(-c3ccc(C(=O)N4CCN(CC(=O)Nc5cccc(F)c5)CC4)cc3)o2)cc1. The Bertz CT molecular complexity index is 1390. The van der Waals surface area contributed by atoms with E-state index in [1.54, 1.807) is 41.3 Å². The number of amides is 2. The second-order valence-electron chi connectivity index (χ2n) is 8.98. The minimum absolute atomic E-state index is 0.0683. The van der Waals surface area contributed by atoms with E-state index in [1.807, 2.05) is 36.1 Å². The molecule has 5 rings (SSSR count). The van der Waals surface area contributed by atoms with Gasteiger partial charge in [0.05, 0.1) is 6.54 Å². The number of nitrogens with zero attached hydrogens (tertiary/aromatic N) is 4. The lowest BCUT2D eigenvalue weighted by molar-refractivity contribution is -0.117. The summed E-state index contributed by atoms with van der Waals surface area (Å²) in [7, 11) is 0. The quantitative estimate of drug-likeness (QED) is 0.427. The highest BCUT2D eigenvalue weighted by atomic mass is 19.1. The molecular weight excluding hydrogens is 473 g/mol. The number of rotatable bonds is 6. The van der Waals surface area contributed by atoms with Crippen LogP contribution in [0, 0.1) is 12.7 Å². The molecule has 0 aliphatic carbocycles. The van der Waals surface area contributed by atoms with Crippen molar-refractivity contribution >= 4 is 17.5 Å². The Hall–Kier alpha value is -4.37. The van der Waals surface area contributed by atoms with E-state index in [-0.39, 0.29) is 18.4 Å². The molecule has 4 aromatic rings. The van der Waals surface area contributed by atoms with E-state index >= 15 is 0 Å². The van der Waals surface area contributed by atoms with Crippen molar-refractivity contribution in [2.24, 2.45) is 0 Å². The molecule has 9 heteroatoms. The minimum atomic E-state index is -0.401. The van der Waals surface area contributed by atoms with Crippen molar-refractivity contribution in [2.45, 2.75) is 6.92 Å². The average molecular weight is 500 g/mol. The predicted octanol–water partition coefficient (Wildman–Crippen LogP) is 4.25. The second kappa shape index (κ2) is 10.7. The van der Waals surface area contributed by atoms with Crippen molar-refractivity contribution in [1.29, 1.82) is 0 Å². The summed E-state index contributed by atoms with van der Waals surface area (Å²) < 4.78 is 19.1. The van der Waals surface area contributed by atoms with Crippen LogP contribution in [0.2, 0.25) is 0 Å². The third-order valence-corrected chi connectivity index (χ3v) is 6.24. The van der Waals surface area contributed by atoms with Gasteiger partial charge in [0, 0.05) is 48.6 Å². The first kappa shape index (κ1) is 24.3. The zero-order valence-electron chi connectivity index (χ0n) is 20.4. The zero-order valence-corrected chi connectivity index (χ0v) is 20.4. The van der Waals surface area contributed by atoms with Crippen molar-refractivity contribution in [1.82, 2.24) is 20.0 Å². The van der Waals surface area contributed by atoms with Crippen LogP contribution in [0.4, 0.5) is 10.1 Å². The van der Waals surface area contributed by atoms with Crippen LogP contribution in [0.3, 0.4) is 0 Å². The molecule has 0 saturated carbocycles. The summed E-state index contributed by atoms with van der Waals surface area (Å²) in [4.78, 5) is 29.1. The number of carbonyl (C=O) groups is 2. The Morgan fingerprint density at radius 3 is 2.14 bits per heavy atom. The normalized spacial score (nSPS) is 13.9. The molecule has 1 aliphatic rings. The summed E-state index contributed by atoms with van der Waals surface area (Å²) >= 11 is 0. The Labute approximate surface area is 213 Å². The molecule has 1 aliphatic heterocycles. The predicted molar refractivity (Wildman–Crippen MR) is 137 cm³/mol. The van der Waals surface area contributed by atoms with Gasteiger partial charge in [-0.1, -0.05) is 23.8 Å². The van der Waals surface area contributed by atoms with E-state index in [0.717, 1.165) is 16.7 Å². The maximum absolute atomic E-state index is 13.3. The molecule has 0 radical (unpaired) electrons. The number of hydrogen-bond acceptors (Lipinski definition) is 6. The second-order valence-corrected chi connectivity index (χ2v) is 8.98. The van der Waals surface area contributed by atoms with Crippen molar-refractivity contribution in [2.75, 3.05) is 38.0 Å². The van der Waals surface area contributed by atoms with E-state index in [1.165, 1.54) is 12.1 Å². The molecule has 0 atom stereocenters. The van der Waals surface area contributed by atoms with Gasteiger partial charge in [-0.3, -0.25) is 14.5 Å². The fourth-order valence-electron chi connectivity index (χ4n) is 4.17. The van der Waals surface area contributed by atoms with Crippen molar-refractivity contribution in [3.8, 4) is 22.9 Å². The number of aryl methyl sites for hydroxylation is 1. The lowest BCUT2D eigenvalue weighted by atomic mass is 10.1. The van der Waals surface area contributed by atoms with Gasteiger partial charge in [-0.05, 0) is 61.5 Å². The van der Waals surface area contributed by atoms with Crippen LogP contribution >= 0.6 is 0 Å². The topological polar surface area (TPSA) is 91.6 Å². The van der Waals surface area contributed by atoms with E-state index in [0.29, 0.717) is 49.2 Å². The van der Waals surface area contributed by atoms with E-state index in [4.69, 9.17) is 4.42 Å². The van der Waals surface area contributed by atoms with Gasteiger partial charge < -0.3 is 14.6 Å². The van der Waals surface area contributed by atoms with Gasteiger partial charge in [0.25, 0.3) is 5.91 Å². The van der Waals surface area contributed by atoms with Gasteiger partial charge in [-0.2, -0.15) is 0 Å². The maximum Gasteiger partial charge on any atom is 0.253 e. The minimum Gasteiger partial charge on any atom is -0.416 e. The Balaban J connectivity index is 1.14. The van der Waals surface area contributed by atoms with E-state index in [2.05, 4.69) is 15.5 Å². The highest BCUT2D eigenvalue weighted by molar-refractivity contribution is 5.95. The fourth-order valence-corrected chi connectivity index (χ4v) is 4.17. The number of nitrogens with one attached hydrogen (secondary N) is 1. The first-order valence-electron chi connectivity index (χ1n) is 12.0. The molecule has 1 saturated heterocycles. The fraction of sp³-hybridized carbons (Fsp3) is 0.214.